The average molecular weight is 295 g/mol. The van der Waals surface area contributed by atoms with Gasteiger partial charge in [0.25, 0.3) is 0 Å². The number of nitrogens with two attached hydrogens (primary N) is 2. The molecule has 1 rings (SSSR count). The quantitative estimate of drug-likeness (QED) is 0.446. The largest absolute Gasteiger partial charge is 0.402 e. The Kier molecular flexibility index (Phi) is 7.35. The molecule has 0 aromatic carbocycles. The van der Waals surface area contributed by atoms with Gasteiger partial charge in [-0.05, 0) is 38.2 Å². The molecule has 0 spiro atoms. The molecule has 1 saturated heterocycles. The van der Waals surface area contributed by atoms with Gasteiger partial charge in [0.15, 0.2) is 0 Å². The van der Waals surface area contributed by atoms with Gasteiger partial charge >= 0.3 is 0 Å². The van der Waals surface area contributed by atoms with Crippen molar-refractivity contribution in [3.63, 3.8) is 0 Å². The molecule has 122 valence electrons. The van der Waals surface area contributed by atoms with Gasteiger partial charge in [0.2, 0.25) is 0 Å². The number of hydrogen-bond donors (Lipinski definition) is 2. The number of hydrogen-bond acceptors (Lipinski definition) is 5. The fraction of sp³-hybridized carbons (Fsp3) is 0.812. The number of aliphatic imine (C=N–C) groups is 1. The molecule has 1 fully saturated rings. The summed E-state index contributed by atoms with van der Waals surface area (Å²) < 4.78 is 0. The minimum atomic E-state index is 0.287. The topological polar surface area (TPSA) is 70.9 Å². The first-order valence-corrected chi connectivity index (χ1v) is 8.10. The zero-order chi connectivity index (χ0) is 16.0. The Morgan fingerprint density at radius 1 is 1.33 bits per heavy atom. The van der Waals surface area contributed by atoms with Crippen LogP contribution in [-0.2, 0) is 0 Å². The van der Waals surface area contributed by atoms with E-state index in [0.717, 1.165) is 43.8 Å². The van der Waals surface area contributed by atoms with Gasteiger partial charge in [-0.3, -0.25) is 15.7 Å². The number of rotatable bonds is 6. The van der Waals surface area contributed by atoms with Crippen LogP contribution in [0.1, 0.15) is 47.0 Å². The van der Waals surface area contributed by atoms with E-state index < -0.39 is 0 Å². The van der Waals surface area contributed by atoms with E-state index in [-0.39, 0.29) is 6.17 Å². The van der Waals surface area contributed by atoms with Crippen molar-refractivity contribution in [3.05, 3.63) is 11.8 Å². The third-order valence-electron chi connectivity index (χ3n) is 4.28. The number of nitrogens with zero attached hydrogens (tertiary/aromatic N) is 3. The van der Waals surface area contributed by atoms with E-state index in [1.807, 2.05) is 7.05 Å². The summed E-state index contributed by atoms with van der Waals surface area (Å²) in [7, 11) is 1.92. The maximum atomic E-state index is 5.96. The minimum Gasteiger partial charge on any atom is -0.402 e. The Balaban J connectivity index is 2.65. The van der Waals surface area contributed by atoms with Crippen LogP contribution < -0.4 is 11.6 Å². The molecule has 0 aliphatic carbocycles. The van der Waals surface area contributed by atoms with E-state index in [1.165, 1.54) is 0 Å². The summed E-state index contributed by atoms with van der Waals surface area (Å²) >= 11 is 0. The molecule has 0 amide bonds. The molecule has 0 saturated carbocycles. The molecule has 5 heteroatoms. The first kappa shape index (κ1) is 18.1. The lowest BCUT2D eigenvalue weighted by molar-refractivity contribution is 0.0546. The molecule has 0 bridgehead atoms. The average Bonchev–Trinajstić information content (AvgIpc) is 2.46. The van der Waals surface area contributed by atoms with Gasteiger partial charge in [0.1, 0.15) is 0 Å². The number of piperidine rings is 1. The van der Waals surface area contributed by atoms with Crippen LogP contribution in [0.25, 0.3) is 0 Å². The smallest absolute Gasteiger partial charge is 0.0723 e. The van der Waals surface area contributed by atoms with Gasteiger partial charge < -0.3 is 5.73 Å². The lowest BCUT2D eigenvalue weighted by Crippen LogP contribution is -2.51. The Hall–Kier alpha value is -0.910. The van der Waals surface area contributed by atoms with Crippen LogP contribution in [0.5, 0.6) is 0 Å². The maximum Gasteiger partial charge on any atom is 0.0723 e. The highest BCUT2D eigenvalue weighted by Crippen LogP contribution is 2.18. The number of likely N-dealkylation sites (tertiary alicyclic amines) is 1. The third kappa shape index (κ3) is 5.77. The van der Waals surface area contributed by atoms with Crippen molar-refractivity contribution in [3.8, 4) is 0 Å². The summed E-state index contributed by atoms with van der Waals surface area (Å²) in [6.45, 7) is 10.7. The molecule has 1 heterocycles. The molecule has 1 atom stereocenters. The van der Waals surface area contributed by atoms with E-state index in [1.54, 1.807) is 5.01 Å². The van der Waals surface area contributed by atoms with Crippen LogP contribution in [0.4, 0.5) is 0 Å². The van der Waals surface area contributed by atoms with Crippen LogP contribution in [0, 0.1) is 5.92 Å². The second-order valence-electron chi connectivity index (χ2n) is 6.35. The van der Waals surface area contributed by atoms with Crippen molar-refractivity contribution in [1.29, 1.82) is 0 Å². The molecule has 21 heavy (non-hydrogen) atoms. The van der Waals surface area contributed by atoms with Gasteiger partial charge in [0.05, 0.1) is 12.2 Å². The Bertz CT molecular complexity index is 365. The number of allylic oxidation sites excluding steroid dienone is 2. The van der Waals surface area contributed by atoms with Crippen molar-refractivity contribution in [2.24, 2.45) is 22.5 Å². The van der Waals surface area contributed by atoms with Gasteiger partial charge in [-0.2, -0.15) is 0 Å². The maximum absolute atomic E-state index is 5.96. The molecule has 5 nitrogen and oxygen atoms in total. The summed E-state index contributed by atoms with van der Waals surface area (Å²) in [6, 6.07) is 0.412. The minimum absolute atomic E-state index is 0.287. The van der Waals surface area contributed by atoms with Crippen molar-refractivity contribution in [2.45, 2.75) is 59.2 Å². The van der Waals surface area contributed by atoms with Crippen molar-refractivity contribution < 1.29 is 0 Å². The lowest BCUT2D eigenvalue weighted by atomic mass is 10.0. The van der Waals surface area contributed by atoms with Crippen LogP contribution in [0.3, 0.4) is 0 Å². The Labute approximate surface area is 130 Å². The van der Waals surface area contributed by atoms with Gasteiger partial charge in [-0.15, -0.1) is 0 Å². The van der Waals surface area contributed by atoms with E-state index in [9.17, 15) is 0 Å². The van der Waals surface area contributed by atoms with E-state index in [4.69, 9.17) is 16.6 Å². The fourth-order valence-corrected chi connectivity index (χ4v) is 2.50. The first-order valence-electron chi connectivity index (χ1n) is 8.10. The third-order valence-corrected chi connectivity index (χ3v) is 4.28. The first-order chi connectivity index (χ1) is 9.85. The predicted octanol–water partition coefficient (Wildman–Crippen LogP) is 1.95. The van der Waals surface area contributed by atoms with Crippen molar-refractivity contribution in [1.82, 2.24) is 9.91 Å². The Morgan fingerprint density at radius 3 is 2.33 bits per heavy atom. The van der Waals surface area contributed by atoms with E-state index in [0.29, 0.717) is 12.0 Å². The fourth-order valence-electron chi connectivity index (χ4n) is 2.50. The molecular formula is C16H33N5. The van der Waals surface area contributed by atoms with Crippen LogP contribution >= 0.6 is 0 Å². The summed E-state index contributed by atoms with van der Waals surface area (Å²) in [5.74, 6) is 6.25. The van der Waals surface area contributed by atoms with Gasteiger partial charge in [-0.25, -0.2) is 5.01 Å². The molecular weight excluding hydrogens is 262 g/mol. The molecule has 4 N–H and O–H groups in total. The lowest BCUT2D eigenvalue weighted by Gasteiger charge is -2.37. The standard InChI is InChI=1S/C16H33N5/c1-6-14(17)11-16(12(2)3)19-15-7-9-21(10-8-15)13(4)20(5)18/h11-13,15H,6-10,17-18H2,1-5H3. The Morgan fingerprint density at radius 2 is 1.90 bits per heavy atom. The van der Waals surface area contributed by atoms with Crippen LogP contribution in [-0.4, -0.2) is 48.0 Å². The van der Waals surface area contributed by atoms with Gasteiger partial charge in [0, 0.05) is 31.5 Å². The van der Waals surface area contributed by atoms with E-state index in [2.05, 4.69) is 38.7 Å². The summed E-state index contributed by atoms with van der Waals surface area (Å²) in [4.78, 5) is 7.36. The summed E-state index contributed by atoms with van der Waals surface area (Å²) in [5, 5.41) is 1.77. The highest BCUT2D eigenvalue weighted by Gasteiger charge is 2.23. The van der Waals surface area contributed by atoms with Crippen LogP contribution in [0.2, 0.25) is 0 Å². The molecule has 1 aliphatic rings. The monoisotopic (exact) mass is 295 g/mol. The molecule has 1 unspecified atom stereocenters. The summed E-state index contributed by atoms with van der Waals surface area (Å²) in [5.41, 5.74) is 8.02. The molecule has 0 radical (unpaired) electrons. The molecule has 1 aliphatic heterocycles. The SMILES string of the molecule is CCC(N)=CC(=NC1CCN(C(C)N(C)N)CC1)C(C)C. The zero-order valence-electron chi connectivity index (χ0n) is 14.3. The van der Waals surface area contributed by atoms with E-state index >= 15 is 0 Å². The highest BCUT2D eigenvalue weighted by atomic mass is 15.5. The molecule has 0 aromatic heterocycles. The van der Waals surface area contributed by atoms with Crippen molar-refractivity contribution >= 4 is 5.71 Å². The van der Waals surface area contributed by atoms with Crippen molar-refractivity contribution in [2.75, 3.05) is 20.1 Å². The van der Waals surface area contributed by atoms with Crippen LogP contribution in [0.15, 0.2) is 16.8 Å². The zero-order valence-corrected chi connectivity index (χ0v) is 14.3. The normalized spacial score (nSPS) is 21.3. The summed E-state index contributed by atoms with van der Waals surface area (Å²) in [6.07, 6.45) is 5.41. The second-order valence-corrected chi connectivity index (χ2v) is 6.35. The highest BCUT2D eigenvalue weighted by molar-refractivity contribution is 5.97. The molecule has 0 aromatic rings. The number of hydrazine groups is 1. The second kappa shape index (κ2) is 8.51. The van der Waals surface area contributed by atoms with Gasteiger partial charge in [-0.1, -0.05) is 20.8 Å². The predicted molar refractivity (Wildman–Crippen MR) is 90.8 cm³/mol.